The molecule has 0 saturated carbocycles. The largest absolute Gasteiger partial charge is 0.381 e. The molecule has 0 spiro atoms. The number of anilines is 1. The van der Waals surface area contributed by atoms with Crippen LogP contribution >= 0.6 is 0 Å². The van der Waals surface area contributed by atoms with Crippen LogP contribution in [0.15, 0.2) is 24.3 Å². The molecule has 104 valence electrons. The van der Waals surface area contributed by atoms with Crippen molar-refractivity contribution in [3.8, 4) is 0 Å². The molecule has 1 N–H and O–H groups in total. The number of aliphatic hydroxyl groups excluding tert-OH is 1. The van der Waals surface area contributed by atoms with Gasteiger partial charge in [-0.3, -0.25) is 9.69 Å². The van der Waals surface area contributed by atoms with Gasteiger partial charge in [-0.15, -0.1) is 0 Å². The molecule has 0 aromatic heterocycles. The summed E-state index contributed by atoms with van der Waals surface area (Å²) >= 11 is 0. The maximum atomic E-state index is 11.9. The van der Waals surface area contributed by atoms with Gasteiger partial charge >= 0.3 is 0 Å². The number of rotatable bonds is 4. The van der Waals surface area contributed by atoms with Gasteiger partial charge in [0.2, 0.25) is 0 Å². The van der Waals surface area contributed by atoms with Crippen LogP contribution in [0.5, 0.6) is 0 Å². The summed E-state index contributed by atoms with van der Waals surface area (Å²) < 4.78 is 0. The van der Waals surface area contributed by atoms with Crippen LogP contribution in [0.2, 0.25) is 0 Å². The quantitative estimate of drug-likeness (QED) is 0.837. The average molecular weight is 262 g/mol. The highest BCUT2D eigenvalue weighted by Crippen LogP contribution is 2.18. The first-order chi connectivity index (χ1) is 9.11. The van der Waals surface area contributed by atoms with E-state index in [1.54, 1.807) is 0 Å². The van der Waals surface area contributed by atoms with Gasteiger partial charge in [0.05, 0.1) is 6.73 Å². The molecule has 1 fully saturated rings. The summed E-state index contributed by atoms with van der Waals surface area (Å²) in [6.07, 6.45) is 0. The Labute approximate surface area is 114 Å². The van der Waals surface area contributed by atoms with E-state index in [9.17, 15) is 4.79 Å². The maximum Gasteiger partial charge on any atom is 0.165 e. The summed E-state index contributed by atoms with van der Waals surface area (Å²) in [7, 11) is 0. The SMILES string of the molecule is CC(C)C(=O)c1ccc(N2CCN(CO)CC2)cc1. The lowest BCUT2D eigenvalue weighted by Gasteiger charge is -2.35. The minimum absolute atomic E-state index is 0.0407. The fourth-order valence-electron chi connectivity index (χ4n) is 2.32. The third-order valence-corrected chi connectivity index (χ3v) is 3.61. The van der Waals surface area contributed by atoms with Gasteiger partial charge < -0.3 is 10.0 Å². The van der Waals surface area contributed by atoms with E-state index in [2.05, 4.69) is 4.90 Å². The van der Waals surface area contributed by atoms with Crippen molar-refractivity contribution >= 4 is 11.5 Å². The van der Waals surface area contributed by atoms with Crippen molar-refractivity contribution in [2.45, 2.75) is 13.8 Å². The second kappa shape index (κ2) is 6.17. The van der Waals surface area contributed by atoms with Crippen molar-refractivity contribution in [3.63, 3.8) is 0 Å². The van der Waals surface area contributed by atoms with Crippen LogP contribution in [0.1, 0.15) is 24.2 Å². The summed E-state index contributed by atoms with van der Waals surface area (Å²) in [6.45, 7) is 7.56. The molecule has 0 atom stereocenters. The van der Waals surface area contributed by atoms with E-state index in [-0.39, 0.29) is 18.4 Å². The van der Waals surface area contributed by atoms with Gasteiger partial charge in [0, 0.05) is 43.3 Å². The molecule has 0 amide bonds. The van der Waals surface area contributed by atoms with Crippen molar-refractivity contribution in [2.75, 3.05) is 37.8 Å². The van der Waals surface area contributed by atoms with E-state index in [1.807, 2.05) is 43.0 Å². The number of ketones is 1. The standard InChI is InChI=1S/C15H22N2O2/c1-12(2)15(19)13-3-5-14(6-4-13)17-9-7-16(11-18)8-10-17/h3-6,12,18H,7-11H2,1-2H3. The molecular weight excluding hydrogens is 240 g/mol. The maximum absolute atomic E-state index is 11.9. The van der Waals surface area contributed by atoms with Crippen LogP contribution in [-0.2, 0) is 0 Å². The number of Topliss-reactive ketones (excluding diaryl/α,β-unsaturated/α-hetero) is 1. The van der Waals surface area contributed by atoms with Crippen LogP contribution in [0, 0.1) is 5.92 Å². The van der Waals surface area contributed by atoms with Crippen molar-refractivity contribution in [2.24, 2.45) is 5.92 Å². The Morgan fingerprint density at radius 2 is 1.74 bits per heavy atom. The molecule has 2 rings (SSSR count). The Morgan fingerprint density at radius 3 is 2.21 bits per heavy atom. The van der Waals surface area contributed by atoms with Gasteiger partial charge in [-0.05, 0) is 24.3 Å². The summed E-state index contributed by atoms with van der Waals surface area (Å²) in [5, 5.41) is 9.07. The van der Waals surface area contributed by atoms with Crippen LogP contribution in [0.4, 0.5) is 5.69 Å². The van der Waals surface area contributed by atoms with Gasteiger partial charge in [0.15, 0.2) is 5.78 Å². The topological polar surface area (TPSA) is 43.8 Å². The Kier molecular flexibility index (Phi) is 4.56. The molecule has 1 saturated heterocycles. The molecule has 0 bridgehead atoms. The summed E-state index contributed by atoms with van der Waals surface area (Å²) in [5.74, 6) is 0.232. The molecule has 0 aliphatic carbocycles. The first-order valence-electron chi connectivity index (χ1n) is 6.84. The van der Waals surface area contributed by atoms with Crippen molar-refractivity contribution in [1.82, 2.24) is 4.90 Å². The predicted octanol–water partition coefficient (Wildman–Crippen LogP) is 1.60. The zero-order valence-electron chi connectivity index (χ0n) is 11.7. The third-order valence-electron chi connectivity index (χ3n) is 3.61. The minimum atomic E-state index is 0.0407. The zero-order chi connectivity index (χ0) is 13.8. The second-order valence-corrected chi connectivity index (χ2v) is 5.31. The smallest absolute Gasteiger partial charge is 0.165 e. The van der Waals surface area contributed by atoms with Gasteiger partial charge in [0.25, 0.3) is 0 Å². The molecule has 1 aromatic rings. The van der Waals surface area contributed by atoms with E-state index in [0.717, 1.165) is 37.4 Å². The Hall–Kier alpha value is -1.39. The van der Waals surface area contributed by atoms with Gasteiger partial charge in [0.1, 0.15) is 0 Å². The van der Waals surface area contributed by atoms with E-state index in [0.29, 0.717) is 0 Å². The van der Waals surface area contributed by atoms with E-state index >= 15 is 0 Å². The molecule has 4 nitrogen and oxygen atoms in total. The second-order valence-electron chi connectivity index (χ2n) is 5.31. The van der Waals surface area contributed by atoms with Crippen LogP contribution in [0.25, 0.3) is 0 Å². The Balaban J connectivity index is 2.01. The number of piperazine rings is 1. The van der Waals surface area contributed by atoms with Crippen LogP contribution in [0.3, 0.4) is 0 Å². The summed E-state index contributed by atoms with van der Waals surface area (Å²) in [4.78, 5) is 16.2. The Bertz CT molecular complexity index is 420. The first-order valence-corrected chi connectivity index (χ1v) is 6.84. The lowest BCUT2D eigenvalue weighted by molar-refractivity contribution is 0.0939. The highest BCUT2D eigenvalue weighted by molar-refractivity contribution is 5.97. The molecule has 1 heterocycles. The molecule has 0 unspecified atom stereocenters. The Morgan fingerprint density at radius 1 is 1.16 bits per heavy atom. The number of nitrogens with zero attached hydrogens (tertiary/aromatic N) is 2. The first kappa shape index (κ1) is 14.0. The number of hydrogen-bond acceptors (Lipinski definition) is 4. The fraction of sp³-hybridized carbons (Fsp3) is 0.533. The third kappa shape index (κ3) is 3.33. The van der Waals surface area contributed by atoms with Crippen molar-refractivity contribution < 1.29 is 9.90 Å². The summed E-state index contributed by atoms with van der Waals surface area (Å²) in [5.41, 5.74) is 1.94. The molecule has 4 heteroatoms. The normalized spacial score (nSPS) is 16.9. The molecule has 19 heavy (non-hydrogen) atoms. The van der Waals surface area contributed by atoms with Crippen molar-refractivity contribution in [3.05, 3.63) is 29.8 Å². The highest BCUT2D eigenvalue weighted by Gasteiger charge is 2.17. The number of benzene rings is 1. The van der Waals surface area contributed by atoms with Gasteiger partial charge in [-0.2, -0.15) is 0 Å². The average Bonchev–Trinajstić information content (AvgIpc) is 2.46. The lowest BCUT2D eigenvalue weighted by atomic mass is 10.0. The molecular formula is C15H22N2O2. The van der Waals surface area contributed by atoms with E-state index in [1.165, 1.54) is 0 Å². The van der Waals surface area contributed by atoms with Crippen LogP contribution < -0.4 is 4.90 Å². The minimum Gasteiger partial charge on any atom is -0.381 e. The molecule has 0 radical (unpaired) electrons. The molecule has 1 aromatic carbocycles. The molecule has 1 aliphatic heterocycles. The van der Waals surface area contributed by atoms with Crippen LogP contribution in [-0.4, -0.2) is 48.7 Å². The number of carbonyl (C=O) groups is 1. The van der Waals surface area contributed by atoms with E-state index < -0.39 is 0 Å². The van der Waals surface area contributed by atoms with Gasteiger partial charge in [-0.25, -0.2) is 0 Å². The van der Waals surface area contributed by atoms with Crippen molar-refractivity contribution in [1.29, 1.82) is 0 Å². The molecule has 1 aliphatic rings. The monoisotopic (exact) mass is 262 g/mol. The predicted molar refractivity (Wildman–Crippen MR) is 76.5 cm³/mol. The fourth-order valence-corrected chi connectivity index (χ4v) is 2.32. The lowest BCUT2D eigenvalue weighted by Crippen LogP contribution is -2.46. The highest BCUT2D eigenvalue weighted by atomic mass is 16.3. The number of carbonyl (C=O) groups excluding carboxylic acids is 1. The van der Waals surface area contributed by atoms with Gasteiger partial charge in [-0.1, -0.05) is 13.8 Å². The summed E-state index contributed by atoms with van der Waals surface area (Å²) in [6, 6.07) is 7.86. The number of hydrogen-bond donors (Lipinski definition) is 1. The zero-order valence-corrected chi connectivity index (χ0v) is 11.7. The number of aliphatic hydroxyl groups is 1. The van der Waals surface area contributed by atoms with E-state index in [4.69, 9.17) is 5.11 Å².